The van der Waals surface area contributed by atoms with Crippen molar-refractivity contribution in [1.82, 2.24) is 4.90 Å². The van der Waals surface area contributed by atoms with E-state index in [4.69, 9.17) is 0 Å². The maximum atomic E-state index is 12.2. The lowest BCUT2D eigenvalue weighted by atomic mass is 10.1. The molecule has 0 aliphatic carbocycles. The second-order valence-corrected chi connectivity index (χ2v) is 4.98. The Kier molecular flexibility index (Phi) is 3.37. The minimum atomic E-state index is -0.131. The van der Waals surface area contributed by atoms with Crippen LogP contribution < -0.4 is 5.32 Å². The molecule has 20 heavy (non-hydrogen) atoms. The smallest absolute Gasteiger partial charge is 0.321 e. The molecule has 1 aliphatic rings. The highest BCUT2D eigenvalue weighted by atomic mass is 16.2. The molecular formula is C16H16N2O2. The summed E-state index contributed by atoms with van der Waals surface area (Å²) in [5.41, 5.74) is 0.810. The number of nitrogens with one attached hydrogen (secondary N) is 1. The zero-order valence-electron chi connectivity index (χ0n) is 11.1. The molecule has 102 valence electrons. The number of carbonyl (C=O) groups excluding carboxylic acids is 2. The number of carbonyl (C=O) groups is 2. The van der Waals surface area contributed by atoms with Gasteiger partial charge in [0.1, 0.15) is 5.78 Å². The Balaban J connectivity index is 1.79. The predicted octanol–water partition coefficient (Wildman–Crippen LogP) is 3.04. The van der Waals surface area contributed by atoms with Crippen LogP contribution in [-0.2, 0) is 4.79 Å². The van der Waals surface area contributed by atoms with Crippen molar-refractivity contribution in [2.75, 3.05) is 18.4 Å². The molecule has 1 fully saturated rings. The number of fused-ring (bicyclic) bond motifs is 1. The van der Waals surface area contributed by atoms with E-state index in [0.717, 1.165) is 16.5 Å². The van der Waals surface area contributed by atoms with E-state index in [2.05, 4.69) is 5.32 Å². The van der Waals surface area contributed by atoms with Gasteiger partial charge in [-0.1, -0.05) is 36.4 Å². The van der Waals surface area contributed by atoms with Crippen LogP contribution in [0.4, 0.5) is 10.5 Å². The van der Waals surface area contributed by atoms with Crippen LogP contribution in [0.25, 0.3) is 10.8 Å². The highest BCUT2D eigenvalue weighted by Gasteiger charge is 2.20. The molecule has 0 atom stereocenters. The standard InChI is InChI=1S/C16H16N2O2/c19-13-8-10-18(11-9-13)16(20)17-15-7-3-5-12-4-1-2-6-14(12)15/h1-7H,8-11H2,(H,17,20). The molecular weight excluding hydrogens is 252 g/mol. The minimum Gasteiger partial charge on any atom is -0.324 e. The van der Waals surface area contributed by atoms with Gasteiger partial charge in [-0.3, -0.25) is 4.79 Å². The number of Topliss-reactive ketones (excluding diaryl/α,β-unsaturated/α-hetero) is 1. The number of piperidine rings is 1. The summed E-state index contributed by atoms with van der Waals surface area (Å²) in [6, 6.07) is 13.7. The van der Waals surface area contributed by atoms with Crippen molar-refractivity contribution in [2.24, 2.45) is 0 Å². The SMILES string of the molecule is O=C1CCN(C(=O)Nc2cccc3ccccc23)CC1. The van der Waals surface area contributed by atoms with Crippen LogP contribution in [0.15, 0.2) is 42.5 Å². The summed E-state index contributed by atoms with van der Waals surface area (Å²) in [7, 11) is 0. The third-order valence-corrected chi connectivity index (χ3v) is 3.64. The third-order valence-electron chi connectivity index (χ3n) is 3.64. The van der Waals surface area contributed by atoms with Crippen LogP contribution in [-0.4, -0.2) is 29.8 Å². The fourth-order valence-electron chi connectivity index (χ4n) is 2.49. The number of hydrogen-bond acceptors (Lipinski definition) is 2. The van der Waals surface area contributed by atoms with Gasteiger partial charge < -0.3 is 10.2 Å². The van der Waals surface area contributed by atoms with Gasteiger partial charge in [0.2, 0.25) is 0 Å². The van der Waals surface area contributed by atoms with E-state index in [9.17, 15) is 9.59 Å². The van der Waals surface area contributed by atoms with E-state index >= 15 is 0 Å². The fourth-order valence-corrected chi connectivity index (χ4v) is 2.49. The van der Waals surface area contributed by atoms with Crippen molar-refractivity contribution in [3.8, 4) is 0 Å². The summed E-state index contributed by atoms with van der Waals surface area (Å²) in [5.74, 6) is 0.235. The Morgan fingerprint density at radius 2 is 1.70 bits per heavy atom. The minimum absolute atomic E-state index is 0.131. The summed E-state index contributed by atoms with van der Waals surface area (Å²) < 4.78 is 0. The number of anilines is 1. The van der Waals surface area contributed by atoms with Gasteiger partial charge in [-0.05, 0) is 11.5 Å². The zero-order chi connectivity index (χ0) is 13.9. The van der Waals surface area contributed by atoms with E-state index in [1.165, 1.54) is 0 Å². The summed E-state index contributed by atoms with van der Waals surface area (Å²) in [6.45, 7) is 1.02. The van der Waals surface area contributed by atoms with Crippen molar-refractivity contribution in [3.63, 3.8) is 0 Å². The Labute approximate surface area is 117 Å². The van der Waals surface area contributed by atoms with Crippen LogP contribution >= 0.6 is 0 Å². The van der Waals surface area contributed by atoms with Crippen molar-refractivity contribution < 1.29 is 9.59 Å². The lowest BCUT2D eigenvalue weighted by Gasteiger charge is -2.26. The molecule has 1 N–H and O–H groups in total. The summed E-state index contributed by atoms with van der Waals surface area (Å²) in [4.78, 5) is 25.1. The molecule has 1 saturated heterocycles. The first-order valence-corrected chi connectivity index (χ1v) is 6.79. The monoisotopic (exact) mass is 268 g/mol. The highest BCUT2D eigenvalue weighted by Crippen LogP contribution is 2.23. The van der Waals surface area contributed by atoms with Gasteiger partial charge in [0.15, 0.2) is 0 Å². The van der Waals surface area contributed by atoms with Gasteiger partial charge in [0.05, 0.1) is 5.69 Å². The first-order chi connectivity index (χ1) is 9.74. The summed E-state index contributed by atoms with van der Waals surface area (Å²) >= 11 is 0. The highest BCUT2D eigenvalue weighted by molar-refractivity contribution is 6.01. The maximum absolute atomic E-state index is 12.2. The number of nitrogens with zero attached hydrogens (tertiary/aromatic N) is 1. The Morgan fingerprint density at radius 3 is 2.50 bits per heavy atom. The fraction of sp³-hybridized carbons (Fsp3) is 0.250. The van der Waals surface area contributed by atoms with Crippen LogP contribution in [0.3, 0.4) is 0 Å². The average Bonchev–Trinajstić information content (AvgIpc) is 2.48. The number of hydrogen-bond donors (Lipinski definition) is 1. The van der Waals surface area contributed by atoms with E-state index in [1.54, 1.807) is 4.90 Å². The lowest BCUT2D eigenvalue weighted by molar-refractivity contribution is -0.120. The molecule has 0 radical (unpaired) electrons. The Bertz CT molecular complexity index is 651. The Hall–Kier alpha value is -2.36. The summed E-state index contributed by atoms with van der Waals surface area (Å²) in [6.07, 6.45) is 0.923. The largest absolute Gasteiger partial charge is 0.324 e. The number of benzene rings is 2. The average molecular weight is 268 g/mol. The third kappa shape index (κ3) is 2.50. The molecule has 0 bridgehead atoms. The topological polar surface area (TPSA) is 49.4 Å². The molecule has 2 aromatic carbocycles. The van der Waals surface area contributed by atoms with E-state index in [-0.39, 0.29) is 11.8 Å². The number of ketones is 1. The van der Waals surface area contributed by atoms with Gasteiger partial charge in [0.25, 0.3) is 0 Å². The molecule has 0 unspecified atom stereocenters. The normalized spacial score (nSPS) is 15.4. The van der Waals surface area contributed by atoms with Crippen LogP contribution in [0.1, 0.15) is 12.8 Å². The second kappa shape index (κ2) is 5.33. The molecule has 1 aliphatic heterocycles. The van der Waals surface area contributed by atoms with Crippen molar-refractivity contribution in [1.29, 1.82) is 0 Å². The first-order valence-electron chi connectivity index (χ1n) is 6.79. The van der Waals surface area contributed by atoms with Crippen molar-refractivity contribution in [3.05, 3.63) is 42.5 Å². The van der Waals surface area contributed by atoms with E-state index in [1.807, 2.05) is 42.5 Å². The van der Waals surface area contributed by atoms with Gasteiger partial charge in [-0.15, -0.1) is 0 Å². The molecule has 3 rings (SSSR count). The van der Waals surface area contributed by atoms with Gasteiger partial charge in [-0.25, -0.2) is 4.79 Å². The number of likely N-dealkylation sites (tertiary alicyclic amines) is 1. The number of amides is 2. The molecule has 2 amide bonds. The molecule has 2 aromatic rings. The molecule has 1 heterocycles. The molecule has 4 nitrogen and oxygen atoms in total. The lowest BCUT2D eigenvalue weighted by Crippen LogP contribution is -2.41. The van der Waals surface area contributed by atoms with Crippen molar-refractivity contribution >= 4 is 28.3 Å². The van der Waals surface area contributed by atoms with Gasteiger partial charge in [-0.2, -0.15) is 0 Å². The van der Waals surface area contributed by atoms with Gasteiger partial charge >= 0.3 is 6.03 Å². The first kappa shape index (κ1) is 12.7. The second-order valence-electron chi connectivity index (χ2n) is 4.98. The molecule has 0 saturated carbocycles. The quantitative estimate of drug-likeness (QED) is 0.864. The van der Waals surface area contributed by atoms with Crippen LogP contribution in [0, 0.1) is 0 Å². The molecule has 0 spiro atoms. The van der Waals surface area contributed by atoms with E-state index in [0.29, 0.717) is 25.9 Å². The summed E-state index contributed by atoms with van der Waals surface area (Å²) in [5, 5.41) is 5.07. The number of rotatable bonds is 1. The zero-order valence-corrected chi connectivity index (χ0v) is 11.1. The molecule has 0 aromatic heterocycles. The van der Waals surface area contributed by atoms with E-state index < -0.39 is 0 Å². The van der Waals surface area contributed by atoms with Crippen molar-refractivity contribution in [2.45, 2.75) is 12.8 Å². The maximum Gasteiger partial charge on any atom is 0.321 e. The number of urea groups is 1. The van der Waals surface area contributed by atoms with Crippen LogP contribution in [0.2, 0.25) is 0 Å². The predicted molar refractivity (Wildman–Crippen MR) is 78.8 cm³/mol. The molecule has 4 heteroatoms. The van der Waals surface area contributed by atoms with Gasteiger partial charge in [0, 0.05) is 31.3 Å². The van der Waals surface area contributed by atoms with Crippen LogP contribution in [0.5, 0.6) is 0 Å². The Morgan fingerprint density at radius 1 is 1.00 bits per heavy atom.